The third-order valence-corrected chi connectivity index (χ3v) is 4.62. The molecule has 29 heavy (non-hydrogen) atoms. The highest BCUT2D eigenvalue weighted by atomic mass is 16.5. The minimum atomic E-state index is -0.770. The van der Waals surface area contributed by atoms with Crippen LogP contribution in [0.5, 0.6) is 5.75 Å². The smallest absolute Gasteiger partial charge is 0.275 e. The Morgan fingerprint density at radius 3 is 2.55 bits per heavy atom. The topological polar surface area (TPSA) is 116 Å². The number of nitrogens with two attached hydrogens (primary N) is 1. The highest BCUT2D eigenvalue weighted by Crippen LogP contribution is 2.26. The fourth-order valence-electron chi connectivity index (χ4n) is 3.22. The SMILES string of the molecule is COc1ccc(C)cc1C(C)NC(=O)Cn1nc(C(N)=O)c2ccccc2c1=O. The molecule has 2 aromatic carbocycles. The molecule has 3 N–H and O–H groups in total. The number of nitrogens with zero attached hydrogens (tertiary/aromatic N) is 2. The van der Waals surface area contributed by atoms with Crippen LogP contribution < -0.4 is 21.3 Å². The van der Waals surface area contributed by atoms with E-state index in [2.05, 4.69) is 10.4 Å². The van der Waals surface area contributed by atoms with Crippen molar-refractivity contribution in [1.29, 1.82) is 0 Å². The van der Waals surface area contributed by atoms with Gasteiger partial charge in [-0.3, -0.25) is 14.4 Å². The van der Waals surface area contributed by atoms with Gasteiger partial charge in [0.1, 0.15) is 12.3 Å². The summed E-state index contributed by atoms with van der Waals surface area (Å²) < 4.78 is 6.32. The van der Waals surface area contributed by atoms with E-state index in [1.54, 1.807) is 31.4 Å². The number of nitrogens with one attached hydrogen (secondary N) is 1. The van der Waals surface area contributed by atoms with Gasteiger partial charge in [-0.2, -0.15) is 5.10 Å². The van der Waals surface area contributed by atoms with E-state index in [-0.39, 0.29) is 23.7 Å². The van der Waals surface area contributed by atoms with Crippen molar-refractivity contribution in [2.24, 2.45) is 5.73 Å². The number of hydrogen-bond donors (Lipinski definition) is 2. The number of primary amides is 1. The van der Waals surface area contributed by atoms with Crippen LogP contribution in [0, 0.1) is 6.92 Å². The first kappa shape index (κ1) is 20.1. The van der Waals surface area contributed by atoms with Crippen molar-refractivity contribution in [3.63, 3.8) is 0 Å². The Kier molecular flexibility index (Phi) is 5.63. The number of carbonyl (C=O) groups excluding carboxylic acids is 2. The third-order valence-electron chi connectivity index (χ3n) is 4.62. The molecule has 3 rings (SSSR count). The standard InChI is InChI=1S/C21H22N4O4/c1-12-8-9-17(29-3)16(10-12)13(2)23-18(26)11-25-21(28)15-7-5-4-6-14(15)19(24-25)20(22)27/h4-10,13H,11H2,1-3H3,(H2,22,27)(H,23,26). The monoisotopic (exact) mass is 394 g/mol. The summed E-state index contributed by atoms with van der Waals surface area (Å²) in [6, 6.07) is 11.8. The lowest BCUT2D eigenvalue weighted by Gasteiger charge is -2.18. The van der Waals surface area contributed by atoms with Gasteiger partial charge < -0.3 is 15.8 Å². The van der Waals surface area contributed by atoms with Crippen molar-refractivity contribution < 1.29 is 14.3 Å². The molecule has 0 radical (unpaired) electrons. The normalized spacial score (nSPS) is 11.8. The van der Waals surface area contributed by atoms with Crippen molar-refractivity contribution in [3.05, 3.63) is 69.6 Å². The number of aryl methyl sites for hydroxylation is 1. The first-order chi connectivity index (χ1) is 13.8. The second-order valence-corrected chi connectivity index (χ2v) is 6.76. The summed E-state index contributed by atoms with van der Waals surface area (Å²) in [5.74, 6) is -0.546. The van der Waals surface area contributed by atoms with Crippen molar-refractivity contribution >= 4 is 22.6 Å². The molecule has 1 heterocycles. The summed E-state index contributed by atoms with van der Waals surface area (Å²) >= 11 is 0. The van der Waals surface area contributed by atoms with Crippen molar-refractivity contribution in [2.75, 3.05) is 7.11 Å². The van der Waals surface area contributed by atoms with Gasteiger partial charge in [0.25, 0.3) is 11.5 Å². The lowest BCUT2D eigenvalue weighted by Crippen LogP contribution is -2.36. The van der Waals surface area contributed by atoms with Crippen LogP contribution in [0.3, 0.4) is 0 Å². The average Bonchev–Trinajstić information content (AvgIpc) is 2.69. The molecule has 3 aromatic rings. The summed E-state index contributed by atoms with van der Waals surface area (Å²) in [4.78, 5) is 37.0. The van der Waals surface area contributed by atoms with Gasteiger partial charge in [-0.05, 0) is 26.0 Å². The summed E-state index contributed by atoms with van der Waals surface area (Å²) in [6.45, 7) is 3.42. The van der Waals surface area contributed by atoms with Crippen LogP contribution in [-0.4, -0.2) is 28.7 Å². The van der Waals surface area contributed by atoms with E-state index in [4.69, 9.17) is 10.5 Å². The minimum absolute atomic E-state index is 0.0543. The van der Waals surface area contributed by atoms with E-state index in [0.29, 0.717) is 11.1 Å². The van der Waals surface area contributed by atoms with Crippen LogP contribution >= 0.6 is 0 Å². The lowest BCUT2D eigenvalue weighted by molar-refractivity contribution is -0.122. The number of ether oxygens (including phenoxy) is 1. The number of rotatable bonds is 6. The molecule has 8 heteroatoms. The minimum Gasteiger partial charge on any atom is -0.496 e. The Bertz CT molecular complexity index is 1150. The largest absolute Gasteiger partial charge is 0.496 e. The Labute approximate surface area is 167 Å². The molecule has 1 aromatic heterocycles. The van der Waals surface area contributed by atoms with Gasteiger partial charge in [0.2, 0.25) is 5.91 Å². The van der Waals surface area contributed by atoms with Gasteiger partial charge in [-0.25, -0.2) is 4.68 Å². The van der Waals surface area contributed by atoms with E-state index in [1.807, 2.05) is 32.0 Å². The number of hydrogen-bond acceptors (Lipinski definition) is 5. The zero-order valence-electron chi connectivity index (χ0n) is 16.4. The molecule has 0 saturated carbocycles. The lowest BCUT2D eigenvalue weighted by atomic mass is 10.0. The molecule has 0 aliphatic carbocycles. The highest BCUT2D eigenvalue weighted by Gasteiger charge is 2.18. The van der Waals surface area contributed by atoms with Crippen LogP contribution in [-0.2, 0) is 11.3 Å². The maximum Gasteiger partial charge on any atom is 0.275 e. The van der Waals surface area contributed by atoms with Gasteiger partial charge in [-0.15, -0.1) is 0 Å². The van der Waals surface area contributed by atoms with Crippen LogP contribution in [0.15, 0.2) is 47.3 Å². The van der Waals surface area contributed by atoms with E-state index in [9.17, 15) is 14.4 Å². The number of carbonyl (C=O) groups is 2. The van der Waals surface area contributed by atoms with Gasteiger partial charge >= 0.3 is 0 Å². The Morgan fingerprint density at radius 2 is 1.90 bits per heavy atom. The van der Waals surface area contributed by atoms with Crippen LogP contribution in [0.4, 0.5) is 0 Å². The molecular weight excluding hydrogens is 372 g/mol. The molecule has 0 bridgehead atoms. The molecule has 1 atom stereocenters. The predicted octanol–water partition coefficient (Wildman–Crippen LogP) is 1.69. The van der Waals surface area contributed by atoms with Crippen molar-refractivity contribution in [1.82, 2.24) is 15.1 Å². The van der Waals surface area contributed by atoms with Crippen molar-refractivity contribution in [3.8, 4) is 5.75 Å². The molecule has 2 amide bonds. The molecule has 150 valence electrons. The third kappa shape index (κ3) is 4.11. The van der Waals surface area contributed by atoms with Crippen molar-refractivity contribution in [2.45, 2.75) is 26.4 Å². The quantitative estimate of drug-likeness (QED) is 0.660. The number of methoxy groups -OCH3 is 1. The highest BCUT2D eigenvalue weighted by molar-refractivity contribution is 6.04. The van der Waals surface area contributed by atoms with E-state index in [1.165, 1.54) is 0 Å². The molecular formula is C21H22N4O4. The molecule has 1 unspecified atom stereocenters. The Balaban J connectivity index is 1.89. The Morgan fingerprint density at radius 1 is 1.21 bits per heavy atom. The molecule has 0 aliphatic rings. The van der Waals surface area contributed by atoms with Crippen LogP contribution in [0.1, 0.15) is 34.6 Å². The maximum absolute atomic E-state index is 12.7. The summed E-state index contributed by atoms with van der Waals surface area (Å²) in [5, 5.41) is 7.48. The molecule has 0 aliphatic heterocycles. The summed E-state index contributed by atoms with van der Waals surface area (Å²) in [6.07, 6.45) is 0. The van der Waals surface area contributed by atoms with Gasteiger partial charge in [-0.1, -0.05) is 35.9 Å². The van der Waals surface area contributed by atoms with Gasteiger partial charge in [0.05, 0.1) is 18.5 Å². The summed E-state index contributed by atoms with van der Waals surface area (Å²) in [7, 11) is 1.56. The fourth-order valence-corrected chi connectivity index (χ4v) is 3.22. The number of benzene rings is 2. The number of fused-ring (bicyclic) bond motifs is 1. The zero-order chi connectivity index (χ0) is 21.1. The number of aromatic nitrogens is 2. The first-order valence-corrected chi connectivity index (χ1v) is 9.05. The van der Waals surface area contributed by atoms with Gasteiger partial charge in [0.15, 0.2) is 5.69 Å². The Hall–Kier alpha value is -3.68. The van der Waals surface area contributed by atoms with E-state index in [0.717, 1.165) is 15.8 Å². The molecule has 0 saturated heterocycles. The molecule has 0 fully saturated rings. The van der Waals surface area contributed by atoms with E-state index < -0.39 is 17.4 Å². The number of amides is 2. The van der Waals surface area contributed by atoms with Crippen LogP contribution in [0.2, 0.25) is 0 Å². The van der Waals surface area contributed by atoms with E-state index >= 15 is 0 Å². The molecule has 8 nitrogen and oxygen atoms in total. The van der Waals surface area contributed by atoms with Gasteiger partial charge in [0, 0.05) is 10.9 Å². The van der Waals surface area contributed by atoms with Crippen LogP contribution in [0.25, 0.3) is 10.8 Å². The second kappa shape index (κ2) is 8.14. The predicted molar refractivity (Wildman–Crippen MR) is 109 cm³/mol. The average molecular weight is 394 g/mol. The first-order valence-electron chi connectivity index (χ1n) is 9.05. The second-order valence-electron chi connectivity index (χ2n) is 6.76. The fraction of sp³-hybridized carbons (Fsp3) is 0.238. The molecule has 0 spiro atoms. The maximum atomic E-state index is 12.7. The zero-order valence-corrected chi connectivity index (χ0v) is 16.4. The summed E-state index contributed by atoms with van der Waals surface area (Å²) in [5.41, 5.74) is 6.72.